The van der Waals surface area contributed by atoms with Gasteiger partial charge in [0.1, 0.15) is 5.82 Å². The van der Waals surface area contributed by atoms with Crippen LogP contribution in [0.25, 0.3) is 0 Å². The van der Waals surface area contributed by atoms with Gasteiger partial charge < -0.3 is 4.74 Å². The van der Waals surface area contributed by atoms with Crippen LogP contribution in [-0.4, -0.2) is 12.1 Å². The van der Waals surface area contributed by atoms with Gasteiger partial charge in [0.15, 0.2) is 0 Å². The van der Waals surface area contributed by atoms with Crippen LogP contribution in [0.5, 0.6) is 5.88 Å². The number of hydrazine groups is 1. The van der Waals surface area contributed by atoms with E-state index in [0.29, 0.717) is 17.9 Å². The van der Waals surface area contributed by atoms with Crippen molar-refractivity contribution in [3.8, 4) is 5.88 Å². The quantitative estimate of drug-likeness (QED) is 0.649. The zero-order valence-corrected chi connectivity index (χ0v) is 12.5. The van der Waals surface area contributed by atoms with Gasteiger partial charge in [0, 0.05) is 16.2 Å². The molecule has 0 saturated heterocycles. The third-order valence-corrected chi connectivity index (χ3v) is 3.50. The second-order valence-electron chi connectivity index (χ2n) is 4.26. The number of methoxy groups -OCH3 is 1. The van der Waals surface area contributed by atoms with Crippen LogP contribution in [0, 0.1) is 5.82 Å². The van der Waals surface area contributed by atoms with Gasteiger partial charge in [0.2, 0.25) is 5.88 Å². The van der Waals surface area contributed by atoms with Gasteiger partial charge in [0.25, 0.3) is 0 Å². The summed E-state index contributed by atoms with van der Waals surface area (Å²) in [5, 5.41) is 0. The second-order valence-corrected chi connectivity index (χ2v) is 5.18. The van der Waals surface area contributed by atoms with Crippen LogP contribution in [0.2, 0.25) is 0 Å². The first-order chi connectivity index (χ1) is 9.65. The van der Waals surface area contributed by atoms with Crippen molar-refractivity contribution in [1.29, 1.82) is 0 Å². The Kier molecular flexibility index (Phi) is 5.05. The topological polar surface area (TPSA) is 60.2 Å². The molecule has 0 aliphatic heterocycles. The SMILES string of the molecule is COc1ncccc1C(Cc1cc(Br)ccc1F)NN. The molecular formula is C14H15BrFN3O. The summed E-state index contributed by atoms with van der Waals surface area (Å²) < 4.78 is 19.9. The first-order valence-corrected chi connectivity index (χ1v) is 6.84. The minimum atomic E-state index is -0.289. The predicted octanol–water partition coefficient (Wildman–Crippen LogP) is 2.74. The average Bonchev–Trinajstić information content (AvgIpc) is 2.48. The smallest absolute Gasteiger partial charge is 0.217 e. The molecule has 1 atom stereocenters. The highest BCUT2D eigenvalue weighted by atomic mass is 79.9. The summed E-state index contributed by atoms with van der Waals surface area (Å²) >= 11 is 3.34. The van der Waals surface area contributed by atoms with Crippen molar-refractivity contribution in [2.75, 3.05) is 7.11 Å². The lowest BCUT2D eigenvalue weighted by Gasteiger charge is -2.18. The second kappa shape index (κ2) is 6.78. The van der Waals surface area contributed by atoms with Crippen LogP contribution in [0.15, 0.2) is 41.0 Å². The summed E-state index contributed by atoms with van der Waals surface area (Å²) in [7, 11) is 1.54. The molecule has 6 heteroatoms. The maximum absolute atomic E-state index is 13.8. The first-order valence-electron chi connectivity index (χ1n) is 6.04. The molecule has 0 aliphatic carbocycles. The van der Waals surface area contributed by atoms with Gasteiger partial charge in [-0.15, -0.1) is 0 Å². The lowest BCUT2D eigenvalue weighted by Crippen LogP contribution is -2.30. The molecule has 106 valence electrons. The van der Waals surface area contributed by atoms with E-state index in [4.69, 9.17) is 10.6 Å². The zero-order valence-electron chi connectivity index (χ0n) is 10.9. The highest BCUT2D eigenvalue weighted by Crippen LogP contribution is 2.26. The molecule has 0 saturated carbocycles. The van der Waals surface area contributed by atoms with Crippen molar-refractivity contribution in [3.05, 3.63) is 57.9 Å². The number of benzene rings is 1. The van der Waals surface area contributed by atoms with E-state index in [0.717, 1.165) is 10.0 Å². The van der Waals surface area contributed by atoms with Gasteiger partial charge >= 0.3 is 0 Å². The fourth-order valence-corrected chi connectivity index (χ4v) is 2.43. The maximum Gasteiger partial charge on any atom is 0.217 e. The molecule has 20 heavy (non-hydrogen) atoms. The maximum atomic E-state index is 13.8. The van der Waals surface area contributed by atoms with Gasteiger partial charge in [-0.25, -0.2) is 9.37 Å². The summed E-state index contributed by atoms with van der Waals surface area (Å²) in [4.78, 5) is 4.13. The Morgan fingerprint density at radius 2 is 2.25 bits per heavy atom. The molecule has 4 nitrogen and oxygen atoms in total. The van der Waals surface area contributed by atoms with Crippen LogP contribution in [0.3, 0.4) is 0 Å². The van der Waals surface area contributed by atoms with Crippen molar-refractivity contribution in [1.82, 2.24) is 10.4 Å². The van der Waals surface area contributed by atoms with E-state index >= 15 is 0 Å². The van der Waals surface area contributed by atoms with Crippen LogP contribution >= 0.6 is 15.9 Å². The molecule has 3 N–H and O–H groups in total. The molecule has 1 unspecified atom stereocenters. The molecule has 2 rings (SSSR count). The summed E-state index contributed by atoms with van der Waals surface area (Å²) in [5.41, 5.74) is 4.04. The molecule has 0 bridgehead atoms. The molecule has 0 aliphatic rings. The van der Waals surface area contributed by atoms with Crippen molar-refractivity contribution in [2.45, 2.75) is 12.5 Å². The Morgan fingerprint density at radius 3 is 2.95 bits per heavy atom. The van der Waals surface area contributed by atoms with Crippen molar-refractivity contribution < 1.29 is 9.13 Å². The van der Waals surface area contributed by atoms with Crippen molar-refractivity contribution in [2.24, 2.45) is 5.84 Å². The third-order valence-electron chi connectivity index (χ3n) is 3.00. The lowest BCUT2D eigenvalue weighted by molar-refractivity contribution is 0.382. The van der Waals surface area contributed by atoms with Gasteiger partial charge in [-0.1, -0.05) is 22.0 Å². The van der Waals surface area contributed by atoms with Gasteiger partial charge in [-0.2, -0.15) is 0 Å². The third kappa shape index (κ3) is 3.33. The van der Waals surface area contributed by atoms with Crippen LogP contribution < -0.4 is 16.0 Å². The van der Waals surface area contributed by atoms with Gasteiger partial charge in [-0.3, -0.25) is 11.3 Å². The number of halogens is 2. The van der Waals surface area contributed by atoms with Crippen LogP contribution in [0.1, 0.15) is 17.2 Å². The lowest BCUT2D eigenvalue weighted by atomic mass is 10.00. The average molecular weight is 340 g/mol. The number of ether oxygens (including phenoxy) is 1. The van der Waals surface area contributed by atoms with Crippen molar-refractivity contribution in [3.63, 3.8) is 0 Å². The molecular weight excluding hydrogens is 325 g/mol. The van der Waals surface area contributed by atoms with Crippen molar-refractivity contribution >= 4 is 15.9 Å². The Labute approximate surface area is 125 Å². The summed E-state index contributed by atoms with van der Waals surface area (Å²) in [6.45, 7) is 0. The van der Waals surface area contributed by atoms with Crippen LogP contribution in [-0.2, 0) is 6.42 Å². The van der Waals surface area contributed by atoms with E-state index in [1.807, 2.05) is 6.07 Å². The Hall–Kier alpha value is -1.50. The molecule has 0 radical (unpaired) electrons. The Bertz CT molecular complexity index is 594. The Morgan fingerprint density at radius 1 is 1.45 bits per heavy atom. The Balaban J connectivity index is 2.31. The molecule has 2 aromatic rings. The molecule has 0 spiro atoms. The number of pyridine rings is 1. The first kappa shape index (κ1) is 14.9. The van der Waals surface area contributed by atoms with Gasteiger partial charge in [-0.05, 0) is 36.2 Å². The number of hydrogen-bond donors (Lipinski definition) is 2. The zero-order chi connectivity index (χ0) is 14.5. The van der Waals surface area contributed by atoms with Crippen LogP contribution in [0.4, 0.5) is 4.39 Å². The summed E-state index contributed by atoms with van der Waals surface area (Å²) in [6, 6.07) is 8.18. The molecule has 0 amide bonds. The summed E-state index contributed by atoms with van der Waals surface area (Å²) in [6.07, 6.45) is 2.03. The van der Waals surface area contributed by atoms with E-state index in [1.54, 1.807) is 31.5 Å². The highest BCUT2D eigenvalue weighted by Gasteiger charge is 2.18. The number of hydrogen-bond acceptors (Lipinski definition) is 4. The number of nitrogens with zero attached hydrogens (tertiary/aromatic N) is 1. The molecule has 1 heterocycles. The van der Waals surface area contributed by atoms with E-state index < -0.39 is 0 Å². The molecule has 1 aromatic heterocycles. The predicted molar refractivity (Wildman–Crippen MR) is 78.7 cm³/mol. The highest BCUT2D eigenvalue weighted by molar-refractivity contribution is 9.10. The van der Waals surface area contributed by atoms with Gasteiger partial charge in [0.05, 0.1) is 13.2 Å². The van der Waals surface area contributed by atoms with E-state index in [1.165, 1.54) is 6.07 Å². The monoisotopic (exact) mass is 339 g/mol. The number of aromatic nitrogens is 1. The largest absolute Gasteiger partial charge is 0.481 e. The van der Waals surface area contributed by atoms with E-state index in [-0.39, 0.29) is 11.9 Å². The molecule has 0 fully saturated rings. The fourth-order valence-electron chi connectivity index (χ4n) is 2.02. The minimum absolute atomic E-state index is 0.267. The number of rotatable bonds is 5. The van der Waals surface area contributed by atoms with E-state index in [2.05, 4.69) is 26.3 Å². The molecule has 1 aromatic carbocycles. The van der Waals surface area contributed by atoms with E-state index in [9.17, 15) is 4.39 Å². The summed E-state index contributed by atoms with van der Waals surface area (Å²) in [5.74, 6) is 5.81. The minimum Gasteiger partial charge on any atom is -0.481 e. The normalized spacial score (nSPS) is 12.2. The number of nitrogens with two attached hydrogens (primary N) is 1. The fraction of sp³-hybridized carbons (Fsp3) is 0.214. The number of nitrogens with one attached hydrogen (secondary N) is 1. The standard InChI is InChI=1S/C14H15BrFN3O/c1-20-14-11(3-2-6-18-14)13(19-17)8-9-7-10(15)4-5-12(9)16/h2-7,13,19H,8,17H2,1H3.